The van der Waals surface area contributed by atoms with Crippen LogP contribution in [0.4, 0.5) is 0 Å². The summed E-state index contributed by atoms with van der Waals surface area (Å²) in [6, 6.07) is 9.74. The molecule has 0 aliphatic heterocycles. The van der Waals surface area contributed by atoms with Gasteiger partial charge in [0.2, 0.25) is 12.2 Å². The summed E-state index contributed by atoms with van der Waals surface area (Å²) in [4.78, 5) is 22.9. The lowest BCUT2D eigenvalue weighted by molar-refractivity contribution is -0.121. The molecule has 0 aliphatic carbocycles. The summed E-state index contributed by atoms with van der Waals surface area (Å²) in [6.07, 6.45) is 9.58. The summed E-state index contributed by atoms with van der Waals surface area (Å²) in [6.45, 7) is 1.46. The van der Waals surface area contributed by atoms with Gasteiger partial charge in [0.15, 0.2) is 0 Å². The molecular weight excluding hydrogens is 288 g/mol. The average Bonchev–Trinajstić information content (AvgIpc) is 2.57. The Labute approximate surface area is 139 Å². The predicted molar refractivity (Wildman–Crippen MR) is 93.7 cm³/mol. The van der Waals surface area contributed by atoms with Gasteiger partial charge in [-0.05, 0) is 31.4 Å². The number of nitrogens with one attached hydrogen (secondary N) is 1. The molecule has 1 radical (unpaired) electrons. The lowest BCUT2D eigenvalue weighted by Crippen LogP contribution is -2.27. The standard InChI is InChI=1S/C19H29N2O2/c20-12-8-3-1-2-4-9-13-21-19(23)15-18(16-22)14-17-10-6-5-7-11-17/h5-7,10-11,18H,1-4,8-9,12-15,20H2,(H,21,23). The molecule has 0 heterocycles. The summed E-state index contributed by atoms with van der Waals surface area (Å²) >= 11 is 0. The highest BCUT2D eigenvalue weighted by atomic mass is 16.1. The van der Waals surface area contributed by atoms with Crippen LogP contribution in [0.15, 0.2) is 30.3 Å². The molecular formula is C19H29N2O2. The third-order valence-electron chi connectivity index (χ3n) is 3.88. The minimum absolute atomic E-state index is 0.0580. The number of hydrogen-bond acceptors (Lipinski definition) is 3. The average molecular weight is 317 g/mol. The van der Waals surface area contributed by atoms with Crippen LogP contribution in [-0.2, 0) is 16.0 Å². The van der Waals surface area contributed by atoms with Gasteiger partial charge in [-0.3, -0.25) is 9.59 Å². The number of benzene rings is 1. The van der Waals surface area contributed by atoms with Crippen molar-refractivity contribution in [2.75, 3.05) is 13.1 Å². The van der Waals surface area contributed by atoms with Crippen molar-refractivity contribution in [3.8, 4) is 0 Å². The molecule has 23 heavy (non-hydrogen) atoms. The highest BCUT2D eigenvalue weighted by molar-refractivity contribution is 5.79. The van der Waals surface area contributed by atoms with Crippen molar-refractivity contribution in [3.05, 3.63) is 35.9 Å². The molecule has 0 saturated carbocycles. The minimum Gasteiger partial charge on any atom is -0.356 e. The zero-order valence-electron chi connectivity index (χ0n) is 13.9. The van der Waals surface area contributed by atoms with Gasteiger partial charge in [-0.15, -0.1) is 0 Å². The third kappa shape index (κ3) is 9.84. The van der Waals surface area contributed by atoms with Gasteiger partial charge in [-0.1, -0.05) is 56.0 Å². The Hall–Kier alpha value is -1.68. The molecule has 0 bridgehead atoms. The predicted octanol–water partition coefficient (Wildman–Crippen LogP) is 2.76. The molecule has 4 heteroatoms. The van der Waals surface area contributed by atoms with E-state index in [1.54, 1.807) is 0 Å². The summed E-state index contributed by atoms with van der Waals surface area (Å²) in [5.41, 5.74) is 6.51. The van der Waals surface area contributed by atoms with Crippen molar-refractivity contribution >= 4 is 12.2 Å². The number of carbonyl (C=O) groups excluding carboxylic acids is 2. The first-order valence-corrected chi connectivity index (χ1v) is 8.64. The molecule has 0 aliphatic rings. The van der Waals surface area contributed by atoms with Crippen molar-refractivity contribution in [3.63, 3.8) is 0 Å². The zero-order valence-corrected chi connectivity index (χ0v) is 13.9. The largest absolute Gasteiger partial charge is 0.356 e. The summed E-state index contributed by atoms with van der Waals surface area (Å²) in [5.74, 6) is -0.425. The van der Waals surface area contributed by atoms with Gasteiger partial charge >= 0.3 is 0 Å². The molecule has 1 aromatic rings. The maximum absolute atomic E-state index is 11.9. The normalized spacial score (nSPS) is 11.9. The van der Waals surface area contributed by atoms with E-state index in [-0.39, 0.29) is 18.2 Å². The van der Waals surface area contributed by atoms with Crippen LogP contribution >= 0.6 is 0 Å². The Morgan fingerprint density at radius 1 is 1.04 bits per heavy atom. The topological polar surface area (TPSA) is 72.2 Å². The van der Waals surface area contributed by atoms with E-state index in [2.05, 4.69) is 5.32 Å². The van der Waals surface area contributed by atoms with Crippen molar-refractivity contribution in [2.24, 2.45) is 11.7 Å². The second kappa shape index (κ2) is 12.8. The van der Waals surface area contributed by atoms with Crippen LogP contribution in [-0.4, -0.2) is 25.3 Å². The summed E-state index contributed by atoms with van der Waals surface area (Å²) < 4.78 is 0. The fourth-order valence-electron chi connectivity index (χ4n) is 2.55. The molecule has 1 aromatic carbocycles. The van der Waals surface area contributed by atoms with E-state index >= 15 is 0 Å². The van der Waals surface area contributed by atoms with Crippen LogP contribution in [0.5, 0.6) is 0 Å². The van der Waals surface area contributed by atoms with Gasteiger partial charge in [0.1, 0.15) is 0 Å². The second-order valence-corrected chi connectivity index (χ2v) is 5.97. The van der Waals surface area contributed by atoms with E-state index in [1.807, 2.05) is 36.6 Å². The maximum atomic E-state index is 11.9. The molecule has 1 unspecified atom stereocenters. The van der Waals surface area contributed by atoms with E-state index < -0.39 is 0 Å². The lowest BCUT2D eigenvalue weighted by Gasteiger charge is -2.10. The highest BCUT2D eigenvalue weighted by Crippen LogP contribution is 2.10. The first-order chi connectivity index (χ1) is 11.3. The van der Waals surface area contributed by atoms with E-state index in [9.17, 15) is 9.59 Å². The number of nitrogens with two attached hydrogens (primary N) is 1. The SMILES string of the molecule is NCCCCCCCCNC(=O)CC([C]=O)Cc1ccccc1. The number of unbranched alkanes of at least 4 members (excludes halogenated alkanes) is 5. The van der Waals surface area contributed by atoms with E-state index in [0.717, 1.165) is 31.4 Å². The van der Waals surface area contributed by atoms with E-state index in [1.165, 1.54) is 19.3 Å². The smallest absolute Gasteiger partial charge is 0.220 e. The Morgan fingerprint density at radius 3 is 2.35 bits per heavy atom. The molecule has 3 N–H and O–H groups in total. The Balaban J connectivity index is 2.11. The number of amides is 1. The Morgan fingerprint density at radius 2 is 1.70 bits per heavy atom. The molecule has 0 saturated heterocycles. The van der Waals surface area contributed by atoms with Gasteiger partial charge in [-0.25, -0.2) is 0 Å². The quantitative estimate of drug-likeness (QED) is 0.549. The summed E-state index contributed by atoms with van der Waals surface area (Å²) in [7, 11) is 0. The first kappa shape index (κ1) is 19.4. The lowest BCUT2D eigenvalue weighted by atomic mass is 9.97. The van der Waals surface area contributed by atoms with Gasteiger partial charge in [0, 0.05) is 18.9 Å². The highest BCUT2D eigenvalue weighted by Gasteiger charge is 2.14. The number of rotatable bonds is 13. The molecule has 1 atom stereocenters. The van der Waals surface area contributed by atoms with E-state index in [0.29, 0.717) is 13.0 Å². The molecule has 0 spiro atoms. The molecule has 1 rings (SSSR count). The Bertz CT molecular complexity index is 434. The minimum atomic E-state index is -0.367. The molecule has 127 valence electrons. The third-order valence-corrected chi connectivity index (χ3v) is 3.88. The first-order valence-electron chi connectivity index (χ1n) is 8.64. The summed E-state index contributed by atoms with van der Waals surface area (Å²) in [5, 5.41) is 2.90. The maximum Gasteiger partial charge on any atom is 0.220 e. The van der Waals surface area contributed by atoms with Crippen LogP contribution in [0, 0.1) is 5.92 Å². The molecule has 0 fully saturated rings. The Kier molecular flexibility index (Phi) is 10.8. The molecule has 4 nitrogen and oxygen atoms in total. The van der Waals surface area contributed by atoms with Crippen LogP contribution in [0.2, 0.25) is 0 Å². The van der Waals surface area contributed by atoms with Gasteiger partial charge < -0.3 is 11.1 Å². The van der Waals surface area contributed by atoms with E-state index in [4.69, 9.17) is 5.73 Å². The number of carbonyl (C=O) groups is 1. The zero-order chi connectivity index (χ0) is 16.8. The van der Waals surface area contributed by atoms with Crippen molar-refractivity contribution in [1.29, 1.82) is 0 Å². The van der Waals surface area contributed by atoms with Crippen LogP contribution in [0.3, 0.4) is 0 Å². The van der Waals surface area contributed by atoms with Crippen LogP contribution in [0.25, 0.3) is 0 Å². The van der Waals surface area contributed by atoms with Crippen LogP contribution < -0.4 is 11.1 Å². The number of hydrogen-bond donors (Lipinski definition) is 2. The monoisotopic (exact) mass is 317 g/mol. The van der Waals surface area contributed by atoms with Crippen molar-refractivity contribution < 1.29 is 9.59 Å². The second-order valence-electron chi connectivity index (χ2n) is 5.97. The van der Waals surface area contributed by atoms with Crippen molar-refractivity contribution in [1.82, 2.24) is 5.32 Å². The van der Waals surface area contributed by atoms with Crippen LogP contribution in [0.1, 0.15) is 50.5 Å². The van der Waals surface area contributed by atoms with Gasteiger partial charge in [-0.2, -0.15) is 0 Å². The van der Waals surface area contributed by atoms with Crippen molar-refractivity contribution in [2.45, 2.75) is 51.4 Å². The molecule has 0 aromatic heterocycles. The fraction of sp³-hybridized carbons (Fsp3) is 0.579. The van der Waals surface area contributed by atoms with Gasteiger partial charge in [0.05, 0.1) is 0 Å². The fourth-order valence-corrected chi connectivity index (χ4v) is 2.55. The van der Waals surface area contributed by atoms with Gasteiger partial charge in [0.25, 0.3) is 0 Å². The molecule has 1 amide bonds.